The molecule has 0 spiro atoms. The summed E-state index contributed by atoms with van der Waals surface area (Å²) in [4.78, 5) is 24.5. The van der Waals surface area contributed by atoms with Gasteiger partial charge in [-0.05, 0) is 44.2 Å². The monoisotopic (exact) mass is 393 g/mol. The molecule has 1 aromatic carbocycles. The first kappa shape index (κ1) is 17.4. The molecule has 1 amide bonds. The maximum Gasteiger partial charge on any atom is 0.257 e. The Morgan fingerprint density at radius 1 is 1.11 bits per heavy atom. The van der Waals surface area contributed by atoms with Gasteiger partial charge in [-0.15, -0.1) is 0 Å². The van der Waals surface area contributed by atoms with Crippen LogP contribution < -0.4 is 5.32 Å². The van der Waals surface area contributed by atoms with Crippen molar-refractivity contribution in [3.63, 3.8) is 0 Å². The van der Waals surface area contributed by atoms with Crippen molar-refractivity contribution in [2.24, 2.45) is 0 Å². The van der Waals surface area contributed by atoms with Gasteiger partial charge in [-0.25, -0.2) is 9.97 Å². The molecule has 0 unspecified atom stereocenters. The number of carbonyl (C=O) groups is 1. The van der Waals surface area contributed by atoms with E-state index in [1.54, 1.807) is 6.20 Å². The van der Waals surface area contributed by atoms with Gasteiger partial charge in [-0.2, -0.15) is 0 Å². The number of fused-ring (bicyclic) bond motifs is 4. The van der Waals surface area contributed by atoms with Crippen molar-refractivity contribution in [3.05, 3.63) is 53.3 Å². The minimum absolute atomic E-state index is 0.00416. The Morgan fingerprint density at radius 3 is 2.68 bits per heavy atom. The molecule has 0 radical (unpaired) electrons. The number of nitrogens with one attached hydrogen (secondary N) is 1. The van der Waals surface area contributed by atoms with E-state index in [0.29, 0.717) is 29.3 Å². The van der Waals surface area contributed by atoms with Crippen LogP contribution in [0.5, 0.6) is 0 Å². The lowest BCUT2D eigenvalue weighted by Crippen LogP contribution is -2.55. The van der Waals surface area contributed by atoms with Crippen LogP contribution in [-0.2, 0) is 0 Å². The zero-order chi connectivity index (χ0) is 19.4. The topological polar surface area (TPSA) is 62.5 Å². The zero-order valence-electron chi connectivity index (χ0n) is 15.7. The van der Waals surface area contributed by atoms with Crippen LogP contribution in [0.25, 0.3) is 27.6 Å². The van der Waals surface area contributed by atoms with Crippen molar-refractivity contribution in [2.45, 2.75) is 25.9 Å². The van der Waals surface area contributed by atoms with E-state index in [2.05, 4.69) is 24.1 Å². The number of imidazole rings is 1. The molecule has 142 valence electrons. The summed E-state index contributed by atoms with van der Waals surface area (Å²) >= 11 is 6.15. The molecule has 4 aromatic rings. The highest BCUT2D eigenvalue weighted by atomic mass is 35.5. The third-order valence-corrected chi connectivity index (χ3v) is 5.51. The molecule has 28 heavy (non-hydrogen) atoms. The Labute approximate surface area is 167 Å². The van der Waals surface area contributed by atoms with Crippen molar-refractivity contribution < 1.29 is 4.79 Å². The Hall–Kier alpha value is -2.70. The Morgan fingerprint density at radius 2 is 1.89 bits per heavy atom. The molecule has 7 heteroatoms. The Kier molecular flexibility index (Phi) is 4.00. The zero-order valence-corrected chi connectivity index (χ0v) is 16.4. The number of hydrogen-bond donors (Lipinski definition) is 1. The largest absolute Gasteiger partial charge is 0.335 e. The van der Waals surface area contributed by atoms with E-state index in [9.17, 15) is 4.79 Å². The van der Waals surface area contributed by atoms with Crippen LogP contribution in [0, 0.1) is 0 Å². The van der Waals surface area contributed by atoms with Crippen molar-refractivity contribution >= 4 is 45.1 Å². The minimum Gasteiger partial charge on any atom is -0.335 e. The van der Waals surface area contributed by atoms with Crippen LogP contribution in [0.3, 0.4) is 0 Å². The lowest BCUT2D eigenvalue weighted by atomic mass is 10.1. The minimum atomic E-state index is 0.00416. The molecule has 1 aliphatic heterocycles. The van der Waals surface area contributed by atoms with Crippen molar-refractivity contribution in [3.8, 4) is 0 Å². The first-order chi connectivity index (χ1) is 13.5. The summed E-state index contributed by atoms with van der Waals surface area (Å²) in [5.41, 5.74) is 2.87. The van der Waals surface area contributed by atoms with Crippen molar-refractivity contribution in [2.75, 3.05) is 13.1 Å². The Balaban J connectivity index is 1.70. The van der Waals surface area contributed by atoms with E-state index in [1.807, 2.05) is 45.8 Å². The number of hydrogen-bond acceptors (Lipinski definition) is 4. The fourth-order valence-electron chi connectivity index (χ4n) is 4.17. The number of rotatable bonds is 1. The Bertz CT molecular complexity index is 1220. The summed E-state index contributed by atoms with van der Waals surface area (Å²) in [5.74, 6) is 0.00416. The average Bonchev–Trinajstić information content (AvgIpc) is 3.14. The van der Waals surface area contributed by atoms with E-state index in [0.717, 1.165) is 21.9 Å². The first-order valence-electron chi connectivity index (χ1n) is 9.41. The molecule has 0 saturated carbocycles. The predicted octanol–water partition coefficient (Wildman–Crippen LogP) is 3.51. The lowest BCUT2D eigenvalue weighted by Gasteiger charge is -2.36. The number of pyridine rings is 2. The molecule has 3 aromatic heterocycles. The number of nitrogens with zero attached hydrogens (tertiary/aromatic N) is 4. The smallest absolute Gasteiger partial charge is 0.257 e. The standard InChI is InChI=1S/C21H20ClN5O/c1-12-10-26(11-13(2)24-12)21(28)17-9-15-7-14-8-16(22)3-4-18(14)25-19(15)27-6-5-23-20(17)27/h3-9,12-13,24H,10-11H2,1-2H3/t12-,13+. The normalized spacial score (nSPS) is 20.3. The summed E-state index contributed by atoms with van der Waals surface area (Å²) < 4.78 is 1.89. The van der Waals surface area contributed by atoms with Gasteiger partial charge in [-0.3, -0.25) is 9.20 Å². The number of carbonyl (C=O) groups excluding carboxylic acids is 1. The molecule has 1 fully saturated rings. The number of halogens is 1. The molecule has 1 N–H and O–H groups in total. The molecule has 1 aliphatic rings. The summed E-state index contributed by atoms with van der Waals surface area (Å²) in [5, 5.41) is 5.97. The highest BCUT2D eigenvalue weighted by molar-refractivity contribution is 6.31. The van der Waals surface area contributed by atoms with Crippen molar-refractivity contribution in [1.82, 2.24) is 24.6 Å². The summed E-state index contributed by atoms with van der Waals surface area (Å²) in [7, 11) is 0. The fraction of sp³-hybridized carbons (Fsp3) is 0.286. The average molecular weight is 394 g/mol. The van der Waals surface area contributed by atoms with Gasteiger partial charge < -0.3 is 10.2 Å². The molecule has 0 bridgehead atoms. The molecule has 1 saturated heterocycles. The van der Waals surface area contributed by atoms with Crippen LogP contribution in [0.4, 0.5) is 0 Å². The maximum absolute atomic E-state index is 13.4. The lowest BCUT2D eigenvalue weighted by molar-refractivity contribution is 0.0675. The second-order valence-corrected chi connectivity index (χ2v) is 8.03. The first-order valence-corrected chi connectivity index (χ1v) is 9.79. The second kappa shape index (κ2) is 6.43. The highest BCUT2D eigenvalue weighted by Crippen LogP contribution is 2.26. The van der Waals surface area contributed by atoms with Crippen LogP contribution in [0.15, 0.2) is 42.7 Å². The van der Waals surface area contributed by atoms with E-state index < -0.39 is 0 Å². The second-order valence-electron chi connectivity index (χ2n) is 7.60. The van der Waals surface area contributed by atoms with Gasteiger partial charge in [-0.1, -0.05) is 11.6 Å². The summed E-state index contributed by atoms with van der Waals surface area (Å²) in [6, 6.07) is 10.1. The third kappa shape index (κ3) is 2.80. The van der Waals surface area contributed by atoms with E-state index in [4.69, 9.17) is 16.6 Å². The number of amides is 1. The van der Waals surface area contributed by atoms with Gasteiger partial charge in [0, 0.05) is 53.4 Å². The van der Waals surface area contributed by atoms with Crippen molar-refractivity contribution in [1.29, 1.82) is 0 Å². The third-order valence-electron chi connectivity index (χ3n) is 5.27. The molecular weight excluding hydrogens is 374 g/mol. The van der Waals surface area contributed by atoms with Gasteiger partial charge >= 0.3 is 0 Å². The fourth-order valence-corrected chi connectivity index (χ4v) is 4.35. The van der Waals surface area contributed by atoms with Crippen LogP contribution in [0.1, 0.15) is 24.2 Å². The van der Waals surface area contributed by atoms with Crippen LogP contribution >= 0.6 is 11.6 Å². The maximum atomic E-state index is 13.4. The molecule has 6 nitrogen and oxygen atoms in total. The molecule has 0 aliphatic carbocycles. The van der Waals surface area contributed by atoms with E-state index in [-0.39, 0.29) is 18.0 Å². The quantitative estimate of drug-likeness (QED) is 0.503. The van der Waals surface area contributed by atoms with E-state index in [1.165, 1.54) is 0 Å². The van der Waals surface area contributed by atoms with E-state index >= 15 is 0 Å². The van der Waals surface area contributed by atoms with Gasteiger partial charge in [0.2, 0.25) is 0 Å². The molecular formula is C21H20ClN5O. The van der Waals surface area contributed by atoms with Crippen LogP contribution in [-0.4, -0.2) is 50.3 Å². The molecule has 2 atom stereocenters. The number of aromatic nitrogens is 3. The number of benzene rings is 1. The summed E-state index contributed by atoms with van der Waals surface area (Å²) in [6.45, 7) is 5.56. The van der Waals surface area contributed by atoms with Gasteiger partial charge in [0.25, 0.3) is 5.91 Å². The molecule has 4 heterocycles. The predicted molar refractivity (Wildman–Crippen MR) is 111 cm³/mol. The SMILES string of the molecule is C[C@@H]1CN(C(=O)c2cc3cc4cc(Cl)ccc4nc3n3ccnc23)C[C@H](C)N1. The highest BCUT2D eigenvalue weighted by Gasteiger charge is 2.27. The summed E-state index contributed by atoms with van der Waals surface area (Å²) in [6.07, 6.45) is 3.56. The van der Waals surface area contributed by atoms with Crippen LogP contribution in [0.2, 0.25) is 5.02 Å². The molecule has 5 rings (SSSR count). The van der Waals surface area contributed by atoms with Gasteiger partial charge in [0.15, 0.2) is 5.65 Å². The van der Waals surface area contributed by atoms with Gasteiger partial charge in [0.1, 0.15) is 5.65 Å². The number of piperazine rings is 1. The van der Waals surface area contributed by atoms with Gasteiger partial charge in [0.05, 0.1) is 11.1 Å².